The highest BCUT2D eigenvalue weighted by atomic mass is 16.6. The highest BCUT2D eigenvalue weighted by Gasteiger charge is 2.44. The van der Waals surface area contributed by atoms with Crippen LogP contribution in [0.5, 0.6) is 5.75 Å². The van der Waals surface area contributed by atoms with E-state index in [4.69, 9.17) is 9.47 Å². The van der Waals surface area contributed by atoms with Gasteiger partial charge in [0.2, 0.25) is 0 Å². The number of esters is 1. The summed E-state index contributed by atoms with van der Waals surface area (Å²) in [6.07, 6.45) is 0.250. The second-order valence-electron chi connectivity index (χ2n) is 7.97. The fourth-order valence-corrected chi connectivity index (χ4v) is 4.32. The van der Waals surface area contributed by atoms with E-state index in [0.717, 1.165) is 5.56 Å². The predicted octanol–water partition coefficient (Wildman–Crippen LogP) is 4.02. The molecule has 2 aromatic carbocycles. The number of benzene rings is 2. The van der Waals surface area contributed by atoms with E-state index in [2.05, 4.69) is 4.74 Å². The number of hydrogen-bond acceptors (Lipinski definition) is 6. The summed E-state index contributed by atoms with van der Waals surface area (Å²) in [6.45, 7) is 2.97. The van der Waals surface area contributed by atoms with Gasteiger partial charge in [0, 0.05) is 19.1 Å². The summed E-state index contributed by atoms with van der Waals surface area (Å²) < 4.78 is 15.8. The van der Waals surface area contributed by atoms with E-state index in [0.29, 0.717) is 37.2 Å². The molecule has 4 rings (SSSR count). The largest absolute Gasteiger partial charge is 0.465 e. The number of methoxy groups -OCH3 is 1. The molecule has 2 amide bonds. The van der Waals surface area contributed by atoms with Gasteiger partial charge in [-0.05, 0) is 49.6 Å². The Balaban J connectivity index is 1.32. The summed E-state index contributed by atoms with van der Waals surface area (Å²) in [4.78, 5) is 40.1. The summed E-state index contributed by atoms with van der Waals surface area (Å²) in [5, 5.41) is 0. The summed E-state index contributed by atoms with van der Waals surface area (Å²) in [7, 11) is 1.31. The fraction of sp³-hybridized carbons (Fsp3) is 0.375. The van der Waals surface area contributed by atoms with E-state index in [-0.39, 0.29) is 24.3 Å². The number of rotatable bonds is 4. The SMILES string of the molecule is COC(=O)c1ccc(OC(=O)N2CCC(N3C(=O)OC(c4ccccc4)C3C)CC2)cc1. The first-order valence-electron chi connectivity index (χ1n) is 10.7. The molecule has 168 valence electrons. The smallest absolute Gasteiger partial charge is 0.415 e. The highest BCUT2D eigenvalue weighted by molar-refractivity contribution is 5.89. The number of hydrogen-bond donors (Lipinski definition) is 0. The van der Waals surface area contributed by atoms with Crippen molar-refractivity contribution in [1.29, 1.82) is 0 Å². The topological polar surface area (TPSA) is 85.4 Å². The molecule has 32 heavy (non-hydrogen) atoms. The lowest BCUT2D eigenvalue weighted by molar-refractivity contribution is 0.0600. The summed E-state index contributed by atoms with van der Waals surface area (Å²) in [5.41, 5.74) is 1.36. The Morgan fingerprint density at radius 3 is 2.28 bits per heavy atom. The van der Waals surface area contributed by atoms with Gasteiger partial charge in [-0.1, -0.05) is 30.3 Å². The molecule has 2 aliphatic rings. The van der Waals surface area contributed by atoms with Crippen molar-refractivity contribution in [3.8, 4) is 5.75 Å². The molecule has 8 heteroatoms. The molecule has 0 N–H and O–H groups in total. The van der Waals surface area contributed by atoms with Gasteiger partial charge in [-0.2, -0.15) is 0 Å². The number of nitrogens with zero attached hydrogens (tertiary/aromatic N) is 2. The molecule has 0 saturated carbocycles. The zero-order chi connectivity index (χ0) is 22.7. The van der Waals surface area contributed by atoms with Gasteiger partial charge in [0.25, 0.3) is 0 Å². The minimum atomic E-state index is -0.450. The van der Waals surface area contributed by atoms with Gasteiger partial charge in [-0.25, -0.2) is 14.4 Å². The van der Waals surface area contributed by atoms with Crippen LogP contribution in [0.2, 0.25) is 0 Å². The number of carbonyl (C=O) groups is 3. The van der Waals surface area contributed by atoms with Crippen molar-refractivity contribution in [1.82, 2.24) is 9.80 Å². The van der Waals surface area contributed by atoms with Crippen LogP contribution in [0.25, 0.3) is 0 Å². The molecule has 0 radical (unpaired) electrons. The van der Waals surface area contributed by atoms with Crippen LogP contribution < -0.4 is 4.74 Å². The van der Waals surface area contributed by atoms with Gasteiger partial charge in [0.15, 0.2) is 0 Å². The zero-order valence-electron chi connectivity index (χ0n) is 18.1. The minimum Gasteiger partial charge on any atom is -0.465 e. The van der Waals surface area contributed by atoms with Crippen LogP contribution in [-0.4, -0.2) is 60.2 Å². The molecule has 0 aromatic heterocycles. The van der Waals surface area contributed by atoms with Crippen molar-refractivity contribution in [3.05, 3.63) is 65.7 Å². The van der Waals surface area contributed by atoms with E-state index in [1.54, 1.807) is 29.2 Å². The van der Waals surface area contributed by atoms with Gasteiger partial charge in [0.05, 0.1) is 18.7 Å². The summed E-state index contributed by atoms with van der Waals surface area (Å²) in [6, 6.07) is 15.9. The van der Waals surface area contributed by atoms with Crippen molar-refractivity contribution in [3.63, 3.8) is 0 Å². The van der Waals surface area contributed by atoms with Gasteiger partial charge < -0.3 is 19.1 Å². The molecule has 2 heterocycles. The molecule has 2 unspecified atom stereocenters. The molecule has 2 aliphatic heterocycles. The fourth-order valence-electron chi connectivity index (χ4n) is 4.32. The molecule has 0 spiro atoms. The molecule has 8 nitrogen and oxygen atoms in total. The Labute approximate surface area is 186 Å². The molecule has 2 saturated heterocycles. The van der Waals surface area contributed by atoms with Crippen LogP contribution in [0.1, 0.15) is 41.8 Å². The Morgan fingerprint density at radius 1 is 1.00 bits per heavy atom. The molecule has 0 aliphatic carbocycles. The maximum Gasteiger partial charge on any atom is 0.415 e. The number of likely N-dealkylation sites (tertiary alicyclic amines) is 1. The van der Waals surface area contributed by atoms with Gasteiger partial charge in [0.1, 0.15) is 11.9 Å². The second kappa shape index (κ2) is 9.30. The van der Waals surface area contributed by atoms with E-state index in [1.807, 2.05) is 42.2 Å². The minimum absolute atomic E-state index is 0.00889. The lowest BCUT2D eigenvalue weighted by Crippen LogP contribution is -2.49. The monoisotopic (exact) mass is 438 g/mol. The van der Waals surface area contributed by atoms with Crippen molar-refractivity contribution in [2.24, 2.45) is 0 Å². The van der Waals surface area contributed by atoms with Crippen molar-refractivity contribution < 1.29 is 28.6 Å². The average molecular weight is 438 g/mol. The molecular weight excluding hydrogens is 412 g/mol. The third-order valence-electron chi connectivity index (χ3n) is 6.04. The number of cyclic esters (lactones) is 1. The van der Waals surface area contributed by atoms with Gasteiger partial charge in [-0.15, -0.1) is 0 Å². The number of carbonyl (C=O) groups excluding carboxylic acids is 3. The number of amides is 2. The van der Waals surface area contributed by atoms with Crippen LogP contribution in [0, 0.1) is 0 Å². The third kappa shape index (κ3) is 4.39. The average Bonchev–Trinajstić information content (AvgIpc) is 3.13. The lowest BCUT2D eigenvalue weighted by atomic mass is 9.98. The zero-order valence-corrected chi connectivity index (χ0v) is 18.1. The molecule has 2 atom stereocenters. The summed E-state index contributed by atoms with van der Waals surface area (Å²) >= 11 is 0. The van der Waals surface area contributed by atoms with Gasteiger partial charge in [-0.3, -0.25) is 4.90 Å². The van der Waals surface area contributed by atoms with Crippen molar-refractivity contribution >= 4 is 18.2 Å². The number of ether oxygens (including phenoxy) is 3. The predicted molar refractivity (Wildman–Crippen MR) is 115 cm³/mol. The normalized spacial score (nSPS) is 21.2. The van der Waals surface area contributed by atoms with Crippen LogP contribution in [0.15, 0.2) is 54.6 Å². The van der Waals surface area contributed by atoms with E-state index in [9.17, 15) is 14.4 Å². The van der Waals surface area contributed by atoms with Crippen LogP contribution in [-0.2, 0) is 9.47 Å². The van der Waals surface area contributed by atoms with Crippen molar-refractivity contribution in [2.75, 3.05) is 20.2 Å². The first-order chi connectivity index (χ1) is 15.5. The number of piperidine rings is 1. The second-order valence-corrected chi connectivity index (χ2v) is 7.97. The van der Waals surface area contributed by atoms with Crippen LogP contribution >= 0.6 is 0 Å². The maximum absolute atomic E-state index is 12.6. The molecule has 2 fully saturated rings. The van der Waals surface area contributed by atoms with Crippen LogP contribution in [0.4, 0.5) is 9.59 Å². The first kappa shape index (κ1) is 21.7. The lowest BCUT2D eigenvalue weighted by Gasteiger charge is -2.37. The Hall–Kier alpha value is -3.55. The Morgan fingerprint density at radius 2 is 1.66 bits per heavy atom. The molecule has 2 aromatic rings. The quantitative estimate of drug-likeness (QED) is 0.671. The first-order valence-corrected chi connectivity index (χ1v) is 10.7. The standard InChI is InChI=1S/C24H26N2O6/c1-16-21(17-6-4-3-5-7-17)32-24(29)26(16)19-12-14-25(15-13-19)23(28)31-20-10-8-18(9-11-20)22(27)30-2/h3-11,16,19,21H,12-15H2,1-2H3. The molecule has 0 bridgehead atoms. The summed E-state index contributed by atoms with van der Waals surface area (Å²) in [5.74, 6) is -0.0960. The maximum atomic E-state index is 12.6. The van der Waals surface area contributed by atoms with Crippen molar-refractivity contribution in [2.45, 2.75) is 38.0 Å². The van der Waals surface area contributed by atoms with Gasteiger partial charge >= 0.3 is 18.2 Å². The van der Waals surface area contributed by atoms with E-state index >= 15 is 0 Å². The Kier molecular flexibility index (Phi) is 6.30. The van der Waals surface area contributed by atoms with E-state index < -0.39 is 12.1 Å². The Bertz CT molecular complexity index is 970. The third-order valence-corrected chi connectivity index (χ3v) is 6.04. The molecular formula is C24H26N2O6. The highest BCUT2D eigenvalue weighted by Crippen LogP contribution is 2.35. The van der Waals surface area contributed by atoms with E-state index in [1.165, 1.54) is 7.11 Å². The van der Waals surface area contributed by atoms with Crippen LogP contribution in [0.3, 0.4) is 0 Å².